The molecule has 4 nitrogen and oxygen atoms in total. The van der Waals surface area contributed by atoms with Crippen molar-refractivity contribution in [2.75, 3.05) is 11.1 Å². The molecule has 2 fully saturated rings. The summed E-state index contributed by atoms with van der Waals surface area (Å²) < 4.78 is 0. The summed E-state index contributed by atoms with van der Waals surface area (Å²) in [5.41, 5.74) is 5.60. The molecule has 0 aromatic carbocycles. The van der Waals surface area contributed by atoms with Crippen LogP contribution in [0.25, 0.3) is 0 Å². The fourth-order valence-corrected chi connectivity index (χ4v) is 3.86. The van der Waals surface area contributed by atoms with E-state index in [1.807, 2.05) is 0 Å². The smallest absolute Gasteiger partial charge is 0.222 e. The van der Waals surface area contributed by atoms with Gasteiger partial charge in [-0.2, -0.15) is 4.98 Å². The molecule has 2 saturated carbocycles. The first-order chi connectivity index (χ1) is 8.63. The zero-order valence-corrected chi connectivity index (χ0v) is 11.3. The first kappa shape index (κ1) is 12.0. The van der Waals surface area contributed by atoms with Crippen molar-refractivity contribution < 1.29 is 0 Å². The quantitative estimate of drug-likeness (QED) is 0.883. The number of hydrogen-bond acceptors (Lipinski definition) is 4. The summed E-state index contributed by atoms with van der Waals surface area (Å²) in [7, 11) is 0. The molecule has 0 spiro atoms. The maximum absolute atomic E-state index is 6.08. The SMILES string of the molecule is CC(Nc1nc(N)ncc1Cl)C1CC2CCC1C2. The maximum atomic E-state index is 6.08. The third kappa shape index (κ3) is 2.14. The standard InChI is InChI=1S/C13H19ClN4/c1-7(10-5-8-2-3-9(10)4-8)17-12-11(14)6-16-13(15)18-12/h6-10H,2-5H2,1H3,(H3,15,16,17,18). The number of anilines is 2. The maximum Gasteiger partial charge on any atom is 0.222 e. The Balaban J connectivity index is 1.70. The normalized spacial score (nSPS) is 31.6. The van der Waals surface area contributed by atoms with Gasteiger partial charge in [0.2, 0.25) is 5.95 Å². The van der Waals surface area contributed by atoms with Gasteiger partial charge in [-0.1, -0.05) is 18.0 Å². The number of fused-ring (bicyclic) bond motifs is 2. The predicted molar refractivity (Wildman–Crippen MR) is 73.5 cm³/mol. The van der Waals surface area contributed by atoms with Crippen LogP contribution in [0.5, 0.6) is 0 Å². The molecule has 1 aromatic rings. The van der Waals surface area contributed by atoms with Gasteiger partial charge in [0.25, 0.3) is 0 Å². The molecule has 3 N–H and O–H groups in total. The van der Waals surface area contributed by atoms with Crippen LogP contribution in [-0.4, -0.2) is 16.0 Å². The van der Waals surface area contributed by atoms with Gasteiger partial charge < -0.3 is 11.1 Å². The van der Waals surface area contributed by atoms with Gasteiger partial charge in [0.05, 0.1) is 6.20 Å². The highest BCUT2D eigenvalue weighted by molar-refractivity contribution is 6.32. The predicted octanol–water partition coefficient (Wildman–Crippen LogP) is 2.95. The van der Waals surface area contributed by atoms with Crippen LogP contribution in [0.2, 0.25) is 5.02 Å². The summed E-state index contributed by atoms with van der Waals surface area (Å²) in [4.78, 5) is 8.05. The van der Waals surface area contributed by atoms with Crippen molar-refractivity contribution in [1.82, 2.24) is 9.97 Å². The Morgan fingerprint density at radius 1 is 1.44 bits per heavy atom. The van der Waals surface area contributed by atoms with Gasteiger partial charge in [-0.05, 0) is 43.9 Å². The average molecular weight is 267 g/mol. The minimum Gasteiger partial charge on any atom is -0.368 e. The van der Waals surface area contributed by atoms with Crippen molar-refractivity contribution >= 4 is 23.4 Å². The Morgan fingerprint density at radius 2 is 2.28 bits per heavy atom. The van der Waals surface area contributed by atoms with Crippen LogP contribution in [0.4, 0.5) is 11.8 Å². The molecule has 0 saturated heterocycles. The molecular formula is C13H19ClN4. The third-order valence-corrected chi connectivity index (χ3v) is 4.84. The number of nitrogen functional groups attached to an aromatic ring is 1. The fourth-order valence-electron chi connectivity index (χ4n) is 3.71. The van der Waals surface area contributed by atoms with E-state index in [4.69, 9.17) is 17.3 Å². The molecule has 0 radical (unpaired) electrons. The van der Waals surface area contributed by atoms with E-state index in [0.717, 1.165) is 17.8 Å². The number of nitrogens with zero attached hydrogens (tertiary/aromatic N) is 2. The summed E-state index contributed by atoms with van der Waals surface area (Å²) in [6.07, 6.45) is 7.13. The molecule has 2 bridgehead atoms. The summed E-state index contributed by atoms with van der Waals surface area (Å²) >= 11 is 6.08. The van der Waals surface area contributed by atoms with Gasteiger partial charge in [-0.3, -0.25) is 0 Å². The summed E-state index contributed by atoms with van der Waals surface area (Å²) in [6.45, 7) is 2.22. The molecule has 1 aromatic heterocycles. The minimum atomic E-state index is 0.266. The summed E-state index contributed by atoms with van der Waals surface area (Å²) in [5, 5.41) is 3.96. The Morgan fingerprint density at radius 3 is 2.94 bits per heavy atom. The van der Waals surface area contributed by atoms with Gasteiger partial charge in [-0.15, -0.1) is 0 Å². The summed E-state index contributed by atoms with van der Waals surface area (Å²) in [6, 6.07) is 0.395. The Labute approximate surface area is 112 Å². The second kappa shape index (κ2) is 4.57. The van der Waals surface area contributed by atoms with E-state index in [-0.39, 0.29) is 5.95 Å². The van der Waals surface area contributed by atoms with Crippen LogP contribution in [0.3, 0.4) is 0 Å². The van der Waals surface area contributed by atoms with Crippen molar-refractivity contribution in [3.05, 3.63) is 11.2 Å². The van der Waals surface area contributed by atoms with Crippen molar-refractivity contribution in [2.45, 2.75) is 38.6 Å². The lowest BCUT2D eigenvalue weighted by Crippen LogP contribution is -2.30. The monoisotopic (exact) mass is 266 g/mol. The van der Waals surface area contributed by atoms with E-state index in [0.29, 0.717) is 16.9 Å². The molecule has 2 aliphatic rings. The summed E-state index contributed by atoms with van der Waals surface area (Å²) in [5.74, 6) is 3.52. The number of aromatic nitrogens is 2. The number of nitrogens with one attached hydrogen (secondary N) is 1. The van der Waals surface area contributed by atoms with Crippen LogP contribution in [0, 0.1) is 17.8 Å². The van der Waals surface area contributed by atoms with E-state index in [1.165, 1.54) is 25.7 Å². The van der Waals surface area contributed by atoms with E-state index in [9.17, 15) is 0 Å². The second-order valence-corrected chi connectivity index (χ2v) is 6.10. The van der Waals surface area contributed by atoms with Gasteiger partial charge in [0.15, 0.2) is 5.82 Å². The van der Waals surface area contributed by atoms with Crippen LogP contribution in [0.15, 0.2) is 6.20 Å². The van der Waals surface area contributed by atoms with Crippen LogP contribution in [0.1, 0.15) is 32.6 Å². The lowest BCUT2D eigenvalue weighted by atomic mass is 9.84. The topological polar surface area (TPSA) is 63.8 Å². The Hall–Kier alpha value is -1.03. The number of rotatable bonds is 3. The van der Waals surface area contributed by atoms with Gasteiger partial charge >= 0.3 is 0 Å². The van der Waals surface area contributed by atoms with Crippen LogP contribution >= 0.6 is 11.6 Å². The molecule has 2 aliphatic carbocycles. The largest absolute Gasteiger partial charge is 0.368 e. The molecule has 0 amide bonds. The minimum absolute atomic E-state index is 0.266. The third-order valence-electron chi connectivity index (χ3n) is 4.56. The van der Waals surface area contributed by atoms with Crippen molar-refractivity contribution in [2.24, 2.45) is 17.8 Å². The molecule has 4 unspecified atom stereocenters. The van der Waals surface area contributed by atoms with E-state index >= 15 is 0 Å². The number of halogens is 1. The lowest BCUT2D eigenvalue weighted by molar-refractivity contribution is 0.304. The fraction of sp³-hybridized carbons (Fsp3) is 0.692. The first-order valence-electron chi connectivity index (χ1n) is 6.68. The van der Waals surface area contributed by atoms with Gasteiger partial charge in [0, 0.05) is 6.04 Å². The van der Waals surface area contributed by atoms with Crippen LogP contribution < -0.4 is 11.1 Å². The highest BCUT2D eigenvalue weighted by Gasteiger charge is 2.41. The van der Waals surface area contributed by atoms with E-state index < -0.39 is 0 Å². The lowest BCUT2D eigenvalue weighted by Gasteiger charge is -2.29. The van der Waals surface area contributed by atoms with Crippen molar-refractivity contribution in [3.8, 4) is 0 Å². The van der Waals surface area contributed by atoms with Gasteiger partial charge in [-0.25, -0.2) is 4.98 Å². The van der Waals surface area contributed by atoms with Gasteiger partial charge in [0.1, 0.15) is 5.02 Å². The second-order valence-electron chi connectivity index (χ2n) is 5.70. The zero-order chi connectivity index (χ0) is 12.7. The van der Waals surface area contributed by atoms with Crippen molar-refractivity contribution in [3.63, 3.8) is 0 Å². The molecule has 3 rings (SSSR count). The zero-order valence-electron chi connectivity index (χ0n) is 10.6. The number of hydrogen-bond donors (Lipinski definition) is 2. The highest BCUT2D eigenvalue weighted by Crippen LogP contribution is 2.49. The molecule has 0 aliphatic heterocycles. The average Bonchev–Trinajstić information content (AvgIpc) is 2.96. The molecule has 4 atom stereocenters. The number of nitrogens with two attached hydrogens (primary N) is 1. The Bertz CT molecular complexity index is 451. The van der Waals surface area contributed by atoms with E-state index in [2.05, 4.69) is 22.2 Å². The van der Waals surface area contributed by atoms with Crippen molar-refractivity contribution in [1.29, 1.82) is 0 Å². The van der Waals surface area contributed by atoms with Crippen LogP contribution in [-0.2, 0) is 0 Å². The molecule has 5 heteroatoms. The van der Waals surface area contributed by atoms with E-state index in [1.54, 1.807) is 6.20 Å². The molecule has 18 heavy (non-hydrogen) atoms. The molecule has 98 valence electrons. The highest BCUT2D eigenvalue weighted by atomic mass is 35.5. The molecule has 1 heterocycles. The first-order valence-corrected chi connectivity index (χ1v) is 7.06. The molecular weight excluding hydrogens is 248 g/mol. The Kier molecular flexibility index (Phi) is 3.06.